The van der Waals surface area contributed by atoms with Crippen LogP contribution in [0.4, 0.5) is 0 Å². The molecule has 3 nitrogen and oxygen atoms in total. The van der Waals surface area contributed by atoms with Crippen molar-refractivity contribution >= 4 is 5.91 Å². The van der Waals surface area contributed by atoms with Crippen molar-refractivity contribution in [1.29, 1.82) is 0 Å². The second kappa shape index (κ2) is 6.41. The molecule has 2 aliphatic carbocycles. The Bertz CT molecular complexity index is 548. The average Bonchev–Trinajstić information content (AvgIpc) is 3.31. The van der Waals surface area contributed by atoms with Gasteiger partial charge in [-0.3, -0.25) is 4.79 Å². The Morgan fingerprint density at radius 2 is 2.09 bits per heavy atom. The van der Waals surface area contributed by atoms with E-state index in [0.29, 0.717) is 5.92 Å². The maximum atomic E-state index is 12.1. The number of aliphatic hydroxyl groups excluding tert-OH is 1. The number of rotatable bonds is 5. The number of carbonyl (C=O) groups excluding carboxylic acids is 1. The molecule has 2 unspecified atom stereocenters. The van der Waals surface area contributed by atoms with Crippen LogP contribution in [0.15, 0.2) is 18.2 Å². The minimum absolute atomic E-state index is 0.128. The summed E-state index contributed by atoms with van der Waals surface area (Å²) in [6.07, 6.45) is 5.65. The highest BCUT2D eigenvalue weighted by Gasteiger charge is 2.32. The Kier molecular flexibility index (Phi) is 4.53. The molecule has 1 aromatic carbocycles. The molecule has 2 N–H and O–H groups in total. The van der Waals surface area contributed by atoms with Gasteiger partial charge in [-0.2, -0.15) is 0 Å². The summed E-state index contributed by atoms with van der Waals surface area (Å²) in [6.45, 7) is 4.25. The maximum Gasteiger partial charge on any atom is 0.223 e. The molecule has 0 heterocycles. The Hall–Kier alpha value is -1.35. The van der Waals surface area contributed by atoms with Crippen LogP contribution in [0, 0.1) is 11.8 Å². The number of aliphatic hydroxyl groups is 1. The highest BCUT2D eigenvalue weighted by Crippen LogP contribution is 2.35. The monoisotopic (exact) mass is 301 g/mol. The van der Waals surface area contributed by atoms with Crippen molar-refractivity contribution in [2.24, 2.45) is 11.8 Å². The fourth-order valence-electron chi connectivity index (χ4n) is 3.39. The first-order chi connectivity index (χ1) is 10.5. The molecule has 3 rings (SSSR count). The lowest BCUT2D eigenvalue weighted by atomic mass is 9.85. The van der Waals surface area contributed by atoms with Crippen molar-refractivity contribution in [2.45, 2.75) is 64.5 Å². The number of amides is 1. The zero-order chi connectivity index (χ0) is 15.7. The predicted octanol–water partition coefficient (Wildman–Crippen LogP) is 3.67. The Balaban J connectivity index is 1.79. The molecule has 1 amide bonds. The summed E-state index contributed by atoms with van der Waals surface area (Å²) in [5, 5.41) is 13.6. The van der Waals surface area contributed by atoms with Gasteiger partial charge in [-0.05, 0) is 61.1 Å². The second-order valence-corrected chi connectivity index (χ2v) is 7.33. The fourth-order valence-corrected chi connectivity index (χ4v) is 3.39. The lowest BCUT2D eigenvalue weighted by molar-refractivity contribution is -0.123. The van der Waals surface area contributed by atoms with Crippen molar-refractivity contribution < 1.29 is 9.90 Å². The Morgan fingerprint density at radius 1 is 1.32 bits per heavy atom. The van der Waals surface area contributed by atoms with Crippen LogP contribution < -0.4 is 5.32 Å². The van der Waals surface area contributed by atoms with E-state index in [0.717, 1.165) is 44.1 Å². The highest BCUT2D eigenvalue weighted by molar-refractivity contribution is 5.81. The van der Waals surface area contributed by atoms with Crippen LogP contribution in [0.5, 0.6) is 0 Å². The molecule has 2 atom stereocenters. The smallest absolute Gasteiger partial charge is 0.223 e. The molecule has 1 aromatic rings. The molecule has 120 valence electrons. The first-order valence-electron chi connectivity index (χ1n) is 8.65. The van der Waals surface area contributed by atoms with Crippen LogP contribution in [0.3, 0.4) is 0 Å². The van der Waals surface area contributed by atoms with Crippen LogP contribution in [-0.2, 0) is 11.2 Å². The quantitative estimate of drug-likeness (QED) is 0.872. The lowest BCUT2D eigenvalue weighted by Gasteiger charge is -2.28. The molecule has 22 heavy (non-hydrogen) atoms. The van der Waals surface area contributed by atoms with Gasteiger partial charge < -0.3 is 10.4 Å². The van der Waals surface area contributed by atoms with Crippen LogP contribution in [-0.4, -0.2) is 11.0 Å². The van der Waals surface area contributed by atoms with Gasteiger partial charge in [0, 0.05) is 5.92 Å². The summed E-state index contributed by atoms with van der Waals surface area (Å²) < 4.78 is 0. The predicted molar refractivity (Wildman–Crippen MR) is 87.4 cm³/mol. The number of hydrogen-bond donors (Lipinski definition) is 2. The summed E-state index contributed by atoms with van der Waals surface area (Å²) in [4.78, 5) is 12.1. The molecule has 0 aromatic heterocycles. The molecule has 0 saturated heterocycles. The first-order valence-corrected chi connectivity index (χ1v) is 8.65. The van der Waals surface area contributed by atoms with E-state index >= 15 is 0 Å². The molecule has 0 bridgehead atoms. The first kappa shape index (κ1) is 15.5. The van der Waals surface area contributed by atoms with E-state index in [-0.39, 0.29) is 17.9 Å². The number of benzene rings is 1. The van der Waals surface area contributed by atoms with Crippen molar-refractivity contribution in [1.82, 2.24) is 5.32 Å². The van der Waals surface area contributed by atoms with Gasteiger partial charge in [0.25, 0.3) is 0 Å². The minimum atomic E-state index is -0.410. The Labute approximate surface area is 133 Å². The van der Waals surface area contributed by atoms with E-state index in [9.17, 15) is 9.90 Å². The fraction of sp³-hybridized carbons (Fsp3) is 0.632. The topological polar surface area (TPSA) is 49.3 Å². The standard InChI is InChI=1S/C19H27NO2/c1-12(2)10-18(21)15-9-6-13-4-3-5-17(16(13)11-15)20-19(22)14-7-8-14/h6,9,11-12,14,17-18,21H,3-5,7-8,10H2,1-2H3,(H,20,22). The van der Waals surface area contributed by atoms with Crippen LogP contribution >= 0.6 is 0 Å². The maximum absolute atomic E-state index is 12.1. The number of aryl methyl sites for hydroxylation is 1. The third-order valence-electron chi connectivity index (χ3n) is 4.83. The normalized spacial score (nSPS) is 22.3. The van der Waals surface area contributed by atoms with Gasteiger partial charge in [-0.15, -0.1) is 0 Å². The van der Waals surface area contributed by atoms with E-state index in [4.69, 9.17) is 0 Å². The van der Waals surface area contributed by atoms with Gasteiger partial charge in [0.15, 0.2) is 0 Å². The van der Waals surface area contributed by atoms with Crippen molar-refractivity contribution in [3.05, 3.63) is 34.9 Å². The van der Waals surface area contributed by atoms with Crippen LogP contribution in [0.1, 0.15) is 74.8 Å². The zero-order valence-corrected chi connectivity index (χ0v) is 13.6. The van der Waals surface area contributed by atoms with Gasteiger partial charge in [-0.1, -0.05) is 32.0 Å². The molecule has 0 spiro atoms. The lowest BCUT2D eigenvalue weighted by Crippen LogP contribution is -2.32. The van der Waals surface area contributed by atoms with E-state index in [2.05, 4.69) is 37.4 Å². The summed E-state index contributed by atoms with van der Waals surface area (Å²) in [6, 6.07) is 6.45. The molecule has 1 fully saturated rings. The molecule has 3 heteroatoms. The summed E-state index contributed by atoms with van der Waals surface area (Å²) in [5.41, 5.74) is 3.54. The zero-order valence-electron chi connectivity index (χ0n) is 13.6. The molecular formula is C19H27NO2. The largest absolute Gasteiger partial charge is 0.388 e. The van der Waals surface area contributed by atoms with E-state index < -0.39 is 6.10 Å². The number of carbonyl (C=O) groups is 1. The third kappa shape index (κ3) is 3.52. The molecular weight excluding hydrogens is 274 g/mol. The number of fused-ring (bicyclic) bond motifs is 1. The molecule has 0 radical (unpaired) electrons. The van der Waals surface area contributed by atoms with Gasteiger partial charge in [0.1, 0.15) is 0 Å². The van der Waals surface area contributed by atoms with E-state index in [1.54, 1.807) is 0 Å². The number of nitrogens with one attached hydrogen (secondary N) is 1. The van der Waals surface area contributed by atoms with E-state index in [1.807, 2.05) is 0 Å². The summed E-state index contributed by atoms with van der Waals surface area (Å²) >= 11 is 0. The minimum Gasteiger partial charge on any atom is -0.388 e. The summed E-state index contributed by atoms with van der Waals surface area (Å²) in [7, 11) is 0. The van der Waals surface area contributed by atoms with Crippen LogP contribution in [0.25, 0.3) is 0 Å². The molecule has 0 aliphatic heterocycles. The van der Waals surface area contributed by atoms with Gasteiger partial charge >= 0.3 is 0 Å². The van der Waals surface area contributed by atoms with Crippen molar-refractivity contribution in [3.8, 4) is 0 Å². The summed E-state index contributed by atoms with van der Waals surface area (Å²) in [5.74, 6) is 0.933. The average molecular weight is 301 g/mol. The van der Waals surface area contributed by atoms with Gasteiger partial charge in [0.05, 0.1) is 12.1 Å². The number of hydrogen-bond acceptors (Lipinski definition) is 2. The molecule has 1 saturated carbocycles. The van der Waals surface area contributed by atoms with Crippen LogP contribution in [0.2, 0.25) is 0 Å². The van der Waals surface area contributed by atoms with Crippen molar-refractivity contribution in [3.63, 3.8) is 0 Å². The van der Waals surface area contributed by atoms with Crippen molar-refractivity contribution in [2.75, 3.05) is 0 Å². The Morgan fingerprint density at radius 3 is 2.77 bits per heavy atom. The second-order valence-electron chi connectivity index (χ2n) is 7.33. The van der Waals surface area contributed by atoms with Gasteiger partial charge in [-0.25, -0.2) is 0 Å². The molecule has 2 aliphatic rings. The highest BCUT2D eigenvalue weighted by atomic mass is 16.3. The SMILES string of the molecule is CC(C)CC(O)c1ccc2c(c1)C(NC(=O)C1CC1)CCC2. The van der Waals surface area contributed by atoms with E-state index in [1.165, 1.54) is 11.1 Å². The third-order valence-corrected chi connectivity index (χ3v) is 4.83. The van der Waals surface area contributed by atoms with Gasteiger partial charge in [0.2, 0.25) is 5.91 Å².